The molecule has 0 aliphatic carbocycles. The number of ether oxygens (including phenoxy) is 2. The van der Waals surface area contributed by atoms with Crippen molar-refractivity contribution in [1.82, 2.24) is 0 Å². The van der Waals surface area contributed by atoms with Gasteiger partial charge in [0.2, 0.25) is 0 Å². The third-order valence-corrected chi connectivity index (χ3v) is 3.96. The summed E-state index contributed by atoms with van der Waals surface area (Å²) in [5, 5.41) is 0. The number of sulfone groups is 1. The van der Waals surface area contributed by atoms with E-state index in [1.54, 1.807) is 18.2 Å². The normalized spacial score (nSPS) is 10.9. The Morgan fingerprint density at radius 1 is 1.24 bits per heavy atom. The van der Waals surface area contributed by atoms with E-state index in [4.69, 9.17) is 4.74 Å². The first-order chi connectivity index (χ1) is 8.01. The molecule has 17 heavy (non-hydrogen) atoms. The highest BCUT2D eigenvalue weighted by Crippen LogP contribution is 2.24. The van der Waals surface area contributed by atoms with Crippen molar-refractivity contribution in [3.05, 3.63) is 24.3 Å². The van der Waals surface area contributed by atoms with E-state index in [0.29, 0.717) is 0 Å². The Bertz CT molecular complexity index is 492. The van der Waals surface area contributed by atoms with Gasteiger partial charge in [-0.2, -0.15) is 0 Å². The monoisotopic (exact) mass is 258 g/mol. The Morgan fingerprint density at radius 2 is 1.88 bits per heavy atom. The van der Waals surface area contributed by atoms with Crippen molar-refractivity contribution in [2.45, 2.75) is 11.3 Å². The van der Waals surface area contributed by atoms with E-state index in [2.05, 4.69) is 4.74 Å². The average molecular weight is 258 g/mol. The predicted molar refractivity (Wildman–Crippen MR) is 61.7 cm³/mol. The van der Waals surface area contributed by atoms with E-state index in [1.165, 1.54) is 20.3 Å². The summed E-state index contributed by atoms with van der Waals surface area (Å²) in [7, 11) is -0.916. The number of carbonyl (C=O) groups is 1. The number of methoxy groups -OCH3 is 2. The van der Waals surface area contributed by atoms with E-state index < -0.39 is 15.8 Å². The zero-order valence-electron chi connectivity index (χ0n) is 9.67. The van der Waals surface area contributed by atoms with Gasteiger partial charge in [0.25, 0.3) is 0 Å². The maximum atomic E-state index is 11.9. The maximum Gasteiger partial charge on any atom is 0.306 e. The lowest BCUT2D eigenvalue weighted by Gasteiger charge is -2.08. The van der Waals surface area contributed by atoms with Crippen LogP contribution >= 0.6 is 0 Å². The van der Waals surface area contributed by atoms with E-state index in [-0.39, 0.29) is 22.8 Å². The number of carbonyl (C=O) groups excluding carboxylic acids is 1. The van der Waals surface area contributed by atoms with E-state index in [9.17, 15) is 13.2 Å². The zero-order valence-corrected chi connectivity index (χ0v) is 10.5. The topological polar surface area (TPSA) is 69.7 Å². The van der Waals surface area contributed by atoms with Crippen LogP contribution in [0.15, 0.2) is 29.2 Å². The van der Waals surface area contributed by atoms with Gasteiger partial charge in [-0.05, 0) is 12.1 Å². The standard InChI is InChI=1S/C11H14O5S/c1-15-9-5-3-4-6-10(9)17(13,14)8-7-11(12)16-2/h3-6H,7-8H2,1-2H3. The molecule has 0 aromatic heterocycles. The molecule has 0 N–H and O–H groups in total. The molecule has 6 heteroatoms. The van der Waals surface area contributed by atoms with Crippen LogP contribution in [0.3, 0.4) is 0 Å². The van der Waals surface area contributed by atoms with Crippen LogP contribution in [0.1, 0.15) is 6.42 Å². The Morgan fingerprint density at radius 3 is 2.47 bits per heavy atom. The minimum Gasteiger partial charge on any atom is -0.495 e. The van der Waals surface area contributed by atoms with Gasteiger partial charge in [-0.25, -0.2) is 8.42 Å². The number of benzene rings is 1. The lowest BCUT2D eigenvalue weighted by Crippen LogP contribution is -2.13. The number of rotatable bonds is 5. The van der Waals surface area contributed by atoms with Crippen LogP contribution in [0.4, 0.5) is 0 Å². The van der Waals surface area contributed by atoms with E-state index >= 15 is 0 Å². The van der Waals surface area contributed by atoms with Gasteiger partial charge in [0, 0.05) is 0 Å². The fourth-order valence-electron chi connectivity index (χ4n) is 1.31. The molecular formula is C11H14O5S. The van der Waals surface area contributed by atoms with Crippen molar-refractivity contribution in [1.29, 1.82) is 0 Å². The summed E-state index contributed by atoms with van der Waals surface area (Å²) in [4.78, 5) is 11.0. The summed E-state index contributed by atoms with van der Waals surface area (Å²) in [5.74, 6) is -0.569. The van der Waals surface area contributed by atoms with E-state index in [0.717, 1.165) is 0 Å². The Balaban J connectivity index is 2.93. The van der Waals surface area contributed by atoms with Crippen molar-refractivity contribution in [3.8, 4) is 5.75 Å². The fraction of sp³-hybridized carbons (Fsp3) is 0.364. The second-order valence-corrected chi connectivity index (χ2v) is 5.37. The van der Waals surface area contributed by atoms with Crippen molar-refractivity contribution >= 4 is 15.8 Å². The molecule has 0 saturated carbocycles. The number of para-hydroxylation sites is 1. The SMILES string of the molecule is COC(=O)CCS(=O)(=O)c1ccccc1OC. The van der Waals surface area contributed by atoms with Gasteiger partial charge in [-0.3, -0.25) is 4.79 Å². The molecule has 0 bridgehead atoms. The number of esters is 1. The Hall–Kier alpha value is -1.56. The van der Waals surface area contributed by atoms with Crippen LogP contribution in [-0.4, -0.2) is 34.4 Å². The molecule has 1 aromatic rings. The molecule has 5 nitrogen and oxygen atoms in total. The molecule has 0 radical (unpaired) electrons. The smallest absolute Gasteiger partial charge is 0.306 e. The molecule has 0 unspecified atom stereocenters. The van der Waals surface area contributed by atoms with Crippen molar-refractivity contribution < 1.29 is 22.7 Å². The zero-order chi connectivity index (χ0) is 12.9. The van der Waals surface area contributed by atoms with Crippen molar-refractivity contribution in [2.24, 2.45) is 0 Å². The predicted octanol–water partition coefficient (Wildman–Crippen LogP) is 1.03. The molecule has 0 atom stereocenters. The van der Waals surface area contributed by atoms with Gasteiger partial charge >= 0.3 is 5.97 Å². The van der Waals surface area contributed by atoms with Crippen LogP contribution in [0.25, 0.3) is 0 Å². The lowest BCUT2D eigenvalue weighted by atomic mass is 10.3. The van der Waals surface area contributed by atoms with Crippen LogP contribution in [0.2, 0.25) is 0 Å². The Kier molecular flexibility index (Phi) is 4.51. The molecule has 0 amide bonds. The van der Waals surface area contributed by atoms with Gasteiger partial charge in [0.05, 0.1) is 26.4 Å². The summed E-state index contributed by atoms with van der Waals surface area (Å²) in [6.45, 7) is 0. The third kappa shape index (κ3) is 3.45. The van der Waals surface area contributed by atoms with Gasteiger partial charge in [0.1, 0.15) is 10.6 Å². The molecule has 0 saturated heterocycles. The summed E-state index contributed by atoms with van der Waals surface area (Å²) in [6.07, 6.45) is -0.170. The van der Waals surface area contributed by atoms with Gasteiger partial charge in [0.15, 0.2) is 9.84 Å². The summed E-state index contributed by atoms with van der Waals surface area (Å²) < 4.78 is 33.3. The molecule has 0 heterocycles. The van der Waals surface area contributed by atoms with E-state index in [1.807, 2.05) is 0 Å². The first-order valence-electron chi connectivity index (χ1n) is 4.94. The minimum atomic E-state index is -3.53. The van der Waals surface area contributed by atoms with Gasteiger partial charge in [-0.15, -0.1) is 0 Å². The Labute approximate surface area is 100 Å². The second kappa shape index (κ2) is 5.67. The summed E-state index contributed by atoms with van der Waals surface area (Å²) >= 11 is 0. The second-order valence-electron chi connectivity index (χ2n) is 3.30. The lowest BCUT2D eigenvalue weighted by molar-refractivity contribution is -0.140. The number of hydrogen-bond acceptors (Lipinski definition) is 5. The highest BCUT2D eigenvalue weighted by Gasteiger charge is 2.20. The van der Waals surface area contributed by atoms with Crippen molar-refractivity contribution in [3.63, 3.8) is 0 Å². The third-order valence-electron chi connectivity index (χ3n) is 2.21. The molecular weight excluding hydrogens is 244 g/mol. The molecule has 0 spiro atoms. The van der Waals surface area contributed by atoms with Gasteiger partial charge in [-0.1, -0.05) is 12.1 Å². The van der Waals surface area contributed by atoms with Crippen LogP contribution in [0, 0.1) is 0 Å². The molecule has 0 fully saturated rings. The molecule has 0 aliphatic heterocycles. The van der Waals surface area contributed by atoms with Gasteiger partial charge < -0.3 is 9.47 Å². The average Bonchev–Trinajstić information content (AvgIpc) is 2.35. The highest BCUT2D eigenvalue weighted by atomic mass is 32.2. The fourth-order valence-corrected chi connectivity index (χ4v) is 2.70. The van der Waals surface area contributed by atoms with Crippen LogP contribution in [-0.2, 0) is 19.4 Å². The first-order valence-corrected chi connectivity index (χ1v) is 6.59. The highest BCUT2D eigenvalue weighted by molar-refractivity contribution is 7.91. The molecule has 1 rings (SSSR count). The minimum absolute atomic E-state index is 0.0893. The molecule has 1 aromatic carbocycles. The first kappa shape index (κ1) is 13.5. The quantitative estimate of drug-likeness (QED) is 0.738. The van der Waals surface area contributed by atoms with Crippen LogP contribution in [0.5, 0.6) is 5.75 Å². The van der Waals surface area contributed by atoms with Crippen LogP contribution < -0.4 is 4.74 Å². The molecule has 94 valence electrons. The summed E-state index contributed by atoms with van der Waals surface area (Å²) in [6, 6.07) is 6.29. The maximum absolute atomic E-state index is 11.9. The molecule has 0 aliphatic rings. The summed E-state index contributed by atoms with van der Waals surface area (Å²) in [5.41, 5.74) is 0. The van der Waals surface area contributed by atoms with Crippen molar-refractivity contribution in [2.75, 3.05) is 20.0 Å². The largest absolute Gasteiger partial charge is 0.495 e. The number of hydrogen-bond donors (Lipinski definition) is 0.